The molecule has 16 heteroatoms. The molecule has 0 radical (unpaired) electrons. The molecule has 7 rings (SSSR count). The van der Waals surface area contributed by atoms with Gasteiger partial charge in [-0.1, -0.05) is 73.2 Å². The number of nitrogens with one attached hydrogen (secondary N) is 1. The maximum atomic E-state index is 15.5. The largest absolute Gasteiger partial charge is 0.456 e. The van der Waals surface area contributed by atoms with Crippen molar-refractivity contribution in [2.75, 3.05) is 19.8 Å². The van der Waals surface area contributed by atoms with Gasteiger partial charge < -0.3 is 52.7 Å². The molecule has 6 aliphatic rings. The smallest absolute Gasteiger partial charge is 0.407 e. The number of amides is 1. The number of fused-ring (bicyclic) bond motifs is 8. The Morgan fingerprint density at radius 2 is 1.64 bits per heavy atom. The molecular formula is C50H73NO14Si. The fraction of sp³-hybridized carbons (Fsp3) is 0.720. The van der Waals surface area contributed by atoms with E-state index in [1.165, 1.54) is 6.92 Å². The number of rotatable bonds is 14. The van der Waals surface area contributed by atoms with Crippen molar-refractivity contribution < 1.29 is 66.6 Å². The lowest BCUT2D eigenvalue weighted by molar-refractivity contribution is -0.345. The van der Waals surface area contributed by atoms with Gasteiger partial charge in [0.1, 0.15) is 35.6 Å². The lowest BCUT2D eigenvalue weighted by Gasteiger charge is -2.68. The summed E-state index contributed by atoms with van der Waals surface area (Å²) in [5, 5.41) is 17.1. The number of hydrogen-bond acceptors (Lipinski definition) is 14. The third-order valence-corrected chi connectivity index (χ3v) is 20.7. The summed E-state index contributed by atoms with van der Waals surface area (Å²) >= 11 is 0. The zero-order valence-electron chi connectivity index (χ0n) is 41.0. The summed E-state index contributed by atoms with van der Waals surface area (Å²) in [4.78, 5) is 56.9. The predicted octanol–water partition coefficient (Wildman–Crippen LogP) is 7.35. The van der Waals surface area contributed by atoms with E-state index in [1.54, 1.807) is 57.2 Å². The third-order valence-electron chi connectivity index (χ3n) is 16.1. The molecule has 1 aromatic carbocycles. The summed E-state index contributed by atoms with van der Waals surface area (Å²) in [6.45, 7) is 26.9. The number of carbonyl (C=O) groups is 4. The van der Waals surface area contributed by atoms with Crippen molar-refractivity contribution in [1.82, 2.24) is 5.32 Å². The molecule has 2 saturated carbocycles. The summed E-state index contributed by atoms with van der Waals surface area (Å²) in [5.41, 5.74) is -5.66. The number of benzene rings is 1. The van der Waals surface area contributed by atoms with E-state index in [0.29, 0.717) is 42.1 Å². The first-order valence-electron chi connectivity index (χ1n) is 23.8. The first-order chi connectivity index (χ1) is 30.9. The monoisotopic (exact) mass is 939 g/mol. The molecular weight excluding hydrogens is 867 g/mol. The minimum absolute atomic E-state index is 0.0118. The van der Waals surface area contributed by atoms with Crippen LogP contribution in [0.3, 0.4) is 0 Å². The topological polar surface area (TPSA) is 184 Å². The van der Waals surface area contributed by atoms with Crippen molar-refractivity contribution >= 4 is 32.3 Å². The average Bonchev–Trinajstić information content (AvgIpc) is 3.67. The molecule has 3 aliphatic carbocycles. The van der Waals surface area contributed by atoms with E-state index in [-0.39, 0.29) is 31.8 Å². The van der Waals surface area contributed by atoms with Crippen LogP contribution >= 0.6 is 0 Å². The van der Waals surface area contributed by atoms with Crippen LogP contribution in [-0.4, -0.2) is 123 Å². The first kappa shape index (κ1) is 50.2. The molecule has 1 aromatic rings. The molecule has 1 amide bonds. The number of alkyl carbamates (subject to hydrolysis) is 1. The standard InChI is InChI=1S/C50H73NO14Si/c1-14-34-60-36-35-29(5)32(59-43(54)37(65-66(15-2,16-3)17-4)39(47(12)26-57-27-47)51-44(55)64-45(7,8)9)25-50(56,46(35,10)11)41(62-42(53)31-21-19-18-20-22-31)38-48(13,40(36)61-34)24-23-33-49(38,28-58-33)63-30(6)52/h14,18-22,32-34,36-41,56H,1,15-17,23-28H2,2-13H3,(H,51,55)/t32-,33+,34+,36+,37+,38-,39+,40+,41-,48+,49-,50+/m0/s1. The summed E-state index contributed by atoms with van der Waals surface area (Å²) in [7, 11) is -2.63. The van der Waals surface area contributed by atoms with Crippen LogP contribution in [0.1, 0.15) is 113 Å². The molecule has 366 valence electrons. The van der Waals surface area contributed by atoms with Gasteiger partial charge in [0.2, 0.25) is 0 Å². The van der Waals surface area contributed by atoms with Crippen LogP contribution < -0.4 is 5.32 Å². The van der Waals surface area contributed by atoms with Crippen molar-refractivity contribution in [3.8, 4) is 0 Å². The molecule has 0 spiro atoms. The zero-order chi connectivity index (χ0) is 48.4. The molecule has 0 aromatic heterocycles. The van der Waals surface area contributed by atoms with Gasteiger partial charge in [-0.25, -0.2) is 14.4 Å². The fourth-order valence-electron chi connectivity index (χ4n) is 12.1. The Hall–Kier alpha value is -3.64. The maximum absolute atomic E-state index is 15.5. The van der Waals surface area contributed by atoms with Crippen molar-refractivity contribution in [2.24, 2.45) is 22.2 Å². The van der Waals surface area contributed by atoms with Crippen LogP contribution in [0.25, 0.3) is 0 Å². The van der Waals surface area contributed by atoms with Crippen LogP contribution in [0.15, 0.2) is 54.1 Å². The molecule has 66 heavy (non-hydrogen) atoms. The minimum Gasteiger partial charge on any atom is -0.456 e. The van der Waals surface area contributed by atoms with Crippen LogP contribution in [0.5, 0.6) is 0 Å². The lowest BCUT2D eigenvalue weighted by Crippen LogP contribution is -2.79. The number of ether oxygens (including phenoxy) is 8. The van der Waals surface area contributed by atoms with Gasteiger partial charge in [-0.2, -0.15) is 0 Å². The highest BCUT2D eigenvalue weighted by Gasteiger charge is 2.77. The van der Waals surface area contributed by atoms with Crippen molar-refractivity contribution in [1.29, 1.82) is 0 Å². The van der Waals surface area contributed by atoms with Gasteiger partial charge in [0.25, 0.3) is 0 Å². The number of esters is 3. The Labute approximate surface area is 391 Å². The van der Waals surface area contributed by atoms with Crippen LogP contribution in [0.2, 0.25) is 18.1 Å². The lowest BCUT2D eigenvalue weighted by atomic mass is 9.45. The van der Waals surface area contributed by atoms with E-state index < -0.39 is 120 Å². The van der Waals surface area contributed by atoms with Crippen LogP contribution in [0, 0.1) is 22.2 Å². The molecule has 12 atom stereocenters. The van der Waals surface area contributed by atoms with Crippen molar-refractivity contribution in [3.63, 3.8) is 0 Å². The second kappa shape index (κ2) is 18.0. The molecule has 5 fully saturated rings. The van der Waals surface area contributed by atoms with Gasteiger partial charge in [-0.05, 0) is 88.0 Å². The van der Waals surface area contributed by atoms with Crippen LogP contribution in [-0.2, 0) is 51.9 Å². The van der Waals surface area contributed by atoms with Crippen LogP contribution in [0.4, 0.5) is 4.79 Å². The first-order valence-corrected chi connectivity index (χ1v) is 26.3. The highest BCUT2D eigenvalue weighted by Crippen LogP contribution is 2.67. The van der Waals surface area contributed by atoms with Gasteiger partial charge in [0, 0.05) is 29.6 Å². The Bertz CT molecular complexity index is 2050. The zero-order valence-corrected chi connectivity index (χ0v) is 42.0. The van der Waals surface area contributed by atoms with Crippen molar-refractivity contribution in [2.45, 2.75) is 186 Å². The Morgan fingerprint density at radius 1 is 0.985 bits per heavy atom. The Morgan fingerprint density at radius 3 is 2.17 bits per heavy atom. The average molecular weight is 940 g/mol. The molecule has 3 heterocycles. The SMILES string of the molecule is C=C[C@@H]1O[C@@H]2C3=C(C)[C@@H](OC(=O)[C@H](O[Si](CC)(CC)CC)[C@@H](NC(=O)OC(C)(C)C)C4(C)COC4)C[C@@](O)([C@@H](OC(=O)c4ccccc4)[C@H]4[C@@](C)(CC[C@H]5OC[C@]54OC(C)=O)[C@@H]2O1)C3(C)C. The van der Waals surface area contributed by atoms with Gasteiger partial charge in [0.15, 0.2) is 26.3 Å². The fourth-order valence-corrected chi connectivity index (χ4v) is 14.9. The van der Waals surface area contributed by atoms with E-state index >= 15 is 4.79 Å². The van der Waals surface area contributed by atoms with Gasteiger partial charge in [0.05, 0.1) is 43.4 Å². The Balaban J connectivity index is 1.41. The van der Waals surface area contributed by atoms with E-state index in [0.717, 1.165) is 0 Å². The van der Waals surface area contributed by atoms with Crippen molar-refractivity contribution in [3.05, 3.63) is 59.7 Å². The quantitative estimate of drug-likeness (QED) is 0.0817. The predicted molar refractivity (Wildman–Crippen MR) is 245 cm³/mol. The summed E-state index contributed by atoms with van der Waals surface area (Å²) in [6, 6.07) is 9.68. The van der Waals surface area contributed by atoms with Gasteiger partial charge in [-0.3, -0.25) is 4.79 Å². The molecule has 2 N–H and O–H groups in total. The molecule has 3 saturated heterocycles. The van der Waals surface area contributed by atoms with E-state index in [9.17, 15) is 19.5 Å². The summed E-state index contributed by atoms with van der Waals surface area (Å²) < 4.78 is 58.2. The van der Waals surface area contributed by atoms with Gasteiger partial charge >= 0.3 is 24.0 Å². The van der Waals surface area contributed by atoms with E-state index in [1.807, 2.05) is 34.6 Å². The minimum atomic E-state index is -2.63. The van der Waals surface area contributed by atoms with E-state index in [2.05, 4.69) is 32.7 Å². The second-order valence-electron chi connectivity index (χ2n) is 21.6. The van der Waals surface area contributed by atoms with Gasteiger partial charge in [-0.15, -0.1) is 0 Å². The molecule has 3 aliphatic heterocycles. The molecule has 0 unspecified atom stereocenters. The second-order valence-corrected chi connectivity index (χ2v) is 26.3. The summed E-state index contributed by atoms with van der Waals surface area (Å²) in [6.07, 6.45) is -5.25. The number of carbonyl (C=O) groups excluding carboxylic acids is 4. The highest BCUT2D eigenvalue weighted by atomic mass is 28.4. The third kappa shape index (κ3) is 8.48. The Kier molecular flexibility index (Phi) is 13.7. The summed E-state index contributed by atoms with van der Waals surface area (Å²) in [5.74, 6) is -2.91. The molecule has 2 bridgehead atoms. The molecule has 15 nitrogen and oxygen atoms in total. The van der Waals surface area contributed by atoms with E-state index in [4.69, 9.17) is 42.3 Å². The normalized spacial score (nSPS) is 35.1. The number of aliphatic hydroxyl groups is 1. The maximum Gasteiger partial charge on any atom is 0.407 e. The number of hydrogen-bond donors (Lipinski definition) is 2. The highest BCUT2D eigenvalue weighted by molar-refractivity contribution is 6.73.